The van der Waals surface area contributed by atoms with Gasteiger partial charge in [0.1, 0.15) is 5.75 Å². The molecule has 0 unspecified atom stereocenters. The van der Waals surface area contributed by atoms with Crippen LogP contribution in [0, 0.1) is 5.41 Å². The fourth-order valence-corrected chi connectivity index (χ4v) is 2.28. The summed E-state index contributed by atoms with van der Waals surface area (Å²) in [6.45, 7) is 0. The molecule has 0 aromatic heterocycles. The molecule has 3 aromatic carbocycles. The van der Waals surface area contributed by atoms with Crippen molar-refractivity contribution in [3.63, 3.8) is 0 Å². The van der Waals surface area contributed by atoms with Crippen molar-refractivity contribution in [3.05, 3.63) is 78.4 Å². The van der Waals surface area contributed by atoms with E-state index in [0.29, 0.717) is 22.7 Å². The Kier molecular flexibility index (Phi) is 3.97. The third-order valence-corrected chi connectivity index (χ3v) is 3.50. The van der Waals surface area contributed by atoms with Crippen molar-refractivity contribution in [1.82, 2.24) is 0 Å². The molecule has 0 fully saturated rings. The van der Waals surface area contributed by atoms with E-state index < -0.39 is 0 Å². The van der Waals surface area contributed by atoms with Crippen molar-refractivity contribution >= 4 is 17.3 Å². The molecule has 0 atom stereocenters. The van der Waals surface area contributed by atoms with Crippen molar-refractivity contribution in [2.45, 2.75) is 0 Å². The SMILES string of the molecule is N=C(Oc1ccc(N)cc1)c1ccc(N)c(-c2ccccc2)c1. The molecule has 0 radical (unpaired) electrons. The molecule has 5 N–H and O–H groups in total. The van der Waals surface area contributed by atoms with E-state index in [-0.39, 0.29) is 5.90 Å². The molecular weight excluding hydrogens is 286 g/mol. The van der Waals surface area contributed by atoms with Gasteiger partial charge < -0.3 is 16.2 Å². The molecular formula is C19H17N3O. The molecule has 3 aromatic rings. The molecule has 0 amide bonds. The van der Waals surface area contributed by atoms with Crippen molar-refractivity contribution < 1.29 is 4.74 Å². The van der Waals surface area contributed by atoms with Gasteiger partial charge in [0.25, 0.3) is 0 Å². The summed E-state index contributed by atoms with van der Waals surface area (Å²) >= 11 is 0. The van der Waals surface area contributed by atoms with Crippen LogP contribution in [0.1, 0.15) is 5.56 Å². The van der Waals surface area contributed by atoms with Crippen LogP contribution in [0.15, 0.2) is 72.8 Å². The number of nitrogens with two attached hydrogens (primary N) is 2. The smallest absolute Gasteiger partial charge is 0.219 e. The van der Waals surface area contributed by atoms with E-state index in [4.69, 9.17) is 21.6 Å². The fraction of sp³-hybridized carbons (Fsp3) is 0. The quantitative estimate of drug-likeness (QED) is 0.389. The van der Waals surface area contributed by atoms with E-state index in [1.165, 1.54) is 0 Å². The van der Waals surface area contributed by atoms with Crippen LogP contribution in [0.2, 0.25) is 0 Å². The number of rotatable bonds is 3. The number of hydrogen-bond donors (Lipinski definition) is 3. The highest BCUT2D eigenvalue weighted by Crippen LogP contribution is 2.27. The van der Waals surface area contributed by atoms with E-state index in [1.807, 2.05) is 36.4 Å². The average Bonchev–Trinajstić information content (AvgIpc) is 2.58. The largest absolute Gasteiger partial charge is 0.439 e. The molecule has 3 rings (SSSR count). The Bertz CT molecular complexity index is 827. The highest BCUT2D eigenvalue weighted by Gasteiger charge is 2.09. The molecule has 4 heteroatoms. The van der Waals surface area contributed by atoms with Crippen LogP contribution in [-0.4, -0.2) is 5.90 Å². The first-order valence-corrected chi connectivity index (χ1v) is 7.21. The molecule has 0 aliphatic rings. The summed E-state index contributed by atoms with van der Waals surface area (Å²) in [5, 5.41) is 8.16. The van der Waals surface area contributed by atoms with Gasteiger partial charge in [-0.3, -0.25) is 5.41 Å². The lowest BCUT2D eigenvalue weighted by atomic mass is 10.0. The summed E-state index contributed by atoms with van der Waals surface area (Å²) in [6, 6.07) is 22.2. The topological polar surface area (TPSA) is 85.1 Å². The van der Waals surface area contributed by atoms with Crippen LogP contribution < -0.4 is 16.2 Å². The van der Waals surface area contributed by atoms with Crippen molar-refractivity contribution in [2.75, 3.05) is 11.5 Å². The van der Waals surface area contributed by atoms with Crippen LogP contribution in [-0.2, 0) is 0 Å². The molecule has 4 nitrogen and oxygen atoms in total. The molecule has 0 aliphatic heterocycles. The van der Waals surface area contributed by atoms with Gasteiger partial charge in [0.05, 0.1) is 0 Å². The van der Waals surface area contributed by atoms with Gasteiger partial charge in [-0.05, 0) is 48.0 Å². The molecule has 0 saturated heterocycles. The summed E-state index contributed by atoms with van der Waals surface area (Å²) in [5.74, 6) is 0.634. The summed E-state index contributed by atoms with van der Waals surface area (Å²) in [4.78, 5) is 0. The van der Waals surface area contributed by atoms with Gasteiger partial charge in [-0.2, -0.15) is 0 Å². The predicted octanol–water partition coefficient (Wildman–Crippen LogP) is 3.92. The Labute approximate surface area is 134 Å². The summed E-state index contributed by atoms with van der Waals surface area (Å²) < 4.78 is 5.57. The Hall–Kier alpha value is -3.27. The molecule has 114 valence electrons. The van der Waals surface area contributed by atoms with Crippen LogP contribution in [0.3, 0.4) is 0 Å². The Morgan fingerprint density at radius 3 is 2.22 bits per heavy atom. The second-order valence-electron chi connectivity index (χ2n) is 5.17. The summed E-state index contributed by atoms with van der Waals surface area (Å²) in [6.07, 6.45) is 0. The summed E-state index contributed by atoms with van der Waals surface area (Å²) in [5.41, 5.74) is 15.6. The lowest BCUT2D eigenvalue weighted by molar-refractivity contribution is 0.548. The molecule has 23 heavy (non-hydrogen) atoms. The Balaban J connectivity index is 1.88. The van der Waals surface area contributed by atoms with E-state index in [9.17, 15) is 0 Å². The number of anilines is 2. The monoisotopic (exact) mass is 303 g/mol. The Morgan fingerprint density at radius 1 is 0.826 bits per heavy atom. The fourth-order valence-electron chi connectivity index (χ4n) is 2.28. The maximum absolute atomic E-state index is 8.16. The normalized spacial score (nSPS) is 10.3. The van der Waals surface area contributed by atoms with Crippen LogP contribution >= 0.6 is 0 Å². The van der Waals surface area contributed by atoms with Gasteiger partial charge in [-0.25, -0.2) is 0 Å². The summed E-state index contributed by atoms with van der Waals surface area (Å²) in [7, 11) is 0. The molecule has 0 heterocycles. The zero-order chi connectivity index (χ0) is 16.2. The molecule has 0 saturated carbocycles. The van der Waals surface area contributed by atoms with Crippen LogP contribution in [0.5, 0.6) is 5.75 Å². The van der Waals surface area contributed by atoms with E-state index >= 15 is 0 Å². The minimum Gasteiger partial charge on any atom is -0.439 e. The second-order valence-corrected chi connectivity index (χ2v) is 5.17. The standard InChI is InChI=1S/C19H17N3O/c20-15-7-9-16(10-8-15)23-19(22)14-6-11-18(21)17(12-14)13-4-2-1-3-5-13/h1-12,22H,20-21H2. The van der Waals surface area contributed by atoms with Gasteiger partial charge in [0.15, 0.2) is 0 Å². The van der Waals surface area contributed by atoms with E-state index in [0.717, 1.165) is 11.1 Å². The number of nitrogen functional groups attached to an aromatic ring is 2. The highest BCUT2D eigenvalue weighted by molar-refractivity contribution is 5.96. The van der Waals surface area contributed by atoms with Gasteiger partial charge >= 0.3 is 0 Å². The van der Waals surface area contributed by atoms with Gasteiger partial charge in [0, 0.05) is 22.5 Å². The zero-order valence-electron chi connectivity index (χ0n) is 12.5. The first kappa shape index (κ1) is 14.7. The van der Waals surface area contributed by atoms with Gasteiger partial charge in [-0.1, -0.05) is 30.3 Å². The van der Waals surface area contributed by atoms with Gasteiger partial charge in [-0.15, -0.1) is 0 Å². The maximum Gasteiger partial charge on any atom is 0.219 e. The van der Waals surface area contributed by atoms with E-state index in [2.05, 4.69) is 0 Å². The van der Waals surface area contributed by atoms with Crippen molar-refractivity contribution in [3.8, 4) is 16.9 Å². The highest BCUT2D eigenvalue weighted by atomic mass is 16.5. The Morgan fingerprint density at radius 2 is 1.52 bits per heavy atom. The lowest BCUT2D eigenvalue weighted by Gasteiger charge is -2.11. The van der Waals surface area contributed by atoms with E-state index in [1.54, 1.807) is 36.4 Å². The van der Waals surface area contributed by atoms with Crippen molar-refractivity contribution in [2.24, 2.45) is 0 Å². The van der Waals surface area contributed by atoms with Crippen molar-refractivity contribution in [1.29, 1.82) is 5.41 Å². The third kappa shape index (κ3) is 3.32. The lowest BCUT2D eigenvalue weighted by Crippen LogP contribution is -2.09. The number of benzene rings is 3. The minimum atomic E-state index is 0.0620. The number of ether oxygens (including phenoxy) is 1. The molecule has 0 bridgehead atoms. The second kappa shape index (κ2) is 6.23. The maximum atomic E-state index is 8.16. The number of nitrogens with one attached hydrogen (secondary N) is 1. The average molecular weight is 303 g/mol. The minimum absolute atomic E-state index is 0.0620. The predicted molar refractivity (Wildman–Crippen MR) is 94.6 cm³/mol. The van der Waals surface area contributed by atoms with Crippen LogP contribution in [0.25, 0.3) is 11.1 Å². The molecule has 0 aliphatic carbocycles. The third-order valence-electron chi connectivity index (χ3n) is 3.50. The first-order valence-electron chi connectivity index (χ1n) is 7.21. The molecule has 0 spiro atoms. The first-order chi connectivity index (χ1) is 11.1. The van der Waals surface area contributed by atoms with Gasteiger partial charge in [0.2, 0.25) is 5.90 Å². The number of hydrogen-bond acceptors (Lipinski definition) is 4. The van der Waals surface area contributed by atoms with Crippen LogP contribution in [0.4, 0.5) is 11.4 Å². The zero-order valence-corrected chi connectivity index (χ0v) is 12.5.